The molecule has 0 aromatic carbocycles. The molecule has 2 unspecified atom stereocenters. The number of carbonyl (C=O) groups excluding carboxylic acids is 3. The molecular weight excluding hydrogens is 336 g/mol. The summed E-state index contributed by atoms with van der Waals surface area (Å²) in [7, 11) is 2.66. The molecule has 0 radical (unpaired) electrons. The molecule has 0 heterocycles. The average molecular weight is 366 g/mol. The Kier molecular flexibility index (Phi) is 8.72. The van der Waals surface area contributed by atoms with Crippen molar-refractivity contribution in [2.24, 2.45) is 5.41 Å². The molecule has 6 nitrogen and oxygen atoms in total. The molecule has 0 amide bonds. The molecule has 1 aliphatic carbocycles. The van der Waals surface area contributed by atoms with Crippen LogP contribution in [0.15, 0.2) is 23.3 Å². The number of aliphatic hydroxyl groups is 1. The lowest BCUT2D eigenvalue weighted by molar-refractivity contribution is -0.149. The SMILES string of the molecule is COC(=O)CC1(C/C=C(\C)CC/C=C(\C)C(=O)OC)CC(=O)CCC1O. The van der Waals surface area contributed by atoms with Gasteiger partial charge >= 0.3 is 11.9 Å². The molecule has 0 aliphatic heterocycles. The van der Waals surface area contributed by atoms with Crippen LogP contribution in [0.2, 0.25) is 0 Å². The number of hydrogen-bond acceptors (Lipinski definition) is 6. The number of carbonyl (C=O) groups is 3. The molecule has 26 heavy (non-hydrogen) atoms. The number of Topliss-reactive ketones (excluding diaryl/α,β-unsaturated/α-hetero) is 1. The number of hydrogen-bond donors (Lipinski definition) is 1. The third-order valence-electron chi connectivity index (χ3n) is 5.03. The minimum Gasteiger partial charge on any atom is -0.469 e. The fraction of sp³-hybridized carbons (Fsp3) is 0.650. The van der Waals surface area contributed by atoms with E-state index in [2.05, 4.69) is 4.74 Å². The second-order valence-corrected chi connectivity index (χ2v) is 7.06. The Bertz CT molecular complexity index is 589. The van der Waals surface area contributed by atoms with Crippen LogP contribution < -0.4 is 0 Å². The van der Waals surface area contributed by atoms with Gasteiger partial charge in [0.2, 0.25) is 0 Å². The molecule has 1 fully saturated rings. The molecule has 6 heteroatoms. The maximum absolute atomic E-state index is 11.9. The van der Waals surface area contributed by atoms with Crippen LogP contribution in [0.4, 0.5) is 0 Å². The van der Waals surface area contributed by atoms with E-state index in [1.54, 1.807) is 6.92 Å². The van der Waals surface area contributed by atoms with Crippen LogP contribution in [-0.4, -0.2) is 43.2 Å². The predicted octanol–water partition coefficient (Wildman–Crippen LogP) is 2.89. The first-order valence-corrected chi connectivity index (χ1v) is 8.91. The second-order valence-electron chi connectivity index (χ2n) is 7.06. The summed E-state index contributed by atoms with van der Waals surface area (Å²) in [6.45, 7) is 3.67. The fourth-order valence-corrected chi connectivity index (χ4v) is 3.26. The van der Waals surface area contributed by atoms with Crippen molar-refractivity contribution in [2.45, 2.75) is 64.9 Å². The fourth-order valence-electron chi connectivity index (χ4n) is 3.26. The summed E-state index contributed by atoms with van der Waals surface area (Å²) in [6.07, 6.45) is 5.93. The van der Waals surface area contributed by atoms with Crippen molar-refractivity contribution < 1.29 is 29.0 Å². The lowest BCUT2D eigenvalue weighted by atomic mass is 9.67. The smallest absolute Gasteiger partial charge is 0.333 e. The molecule has 0 bridgehead atoms. The minimum absolute atomic E-state index is 0.0293. The monoisotopic (exact) mass is 366 g/mol. The van der Waals surface area contributed by atoms with Gasteiger partial charge < -0.3 is 14.6 Å². The summed E-state index contributed by atoms with van der Waals surface area (Å²) in [5.74, 6) is -0.684. The van der Waals surface area contributed by atoms with Gasteiger partial charge in [0.15, 0.2) is 0 Å². The van der Waals surface area contributed by atoms with E-state index >= 15 is 0 Å². The average Bonchev–Trinajstić information content (AvgIpc) is 2.62. The highest BCUT2D eigenvalue weighted by Gasteiger charge is 2.44. The highest BCUT2D eigenvalue weighted by Crippen LogP contribution is 2.42. The Labute approximate surface area is 155 Å². The Hall–Kier alpha value is -1.95. The summed E-state index contributed by atoms with van der Waals surface area (Å²) in [5, 5.41) is 10.5. The van der Waals surface area contributed by atoms with Crippen LogP contribution in [0.3, 0.4) is 0 Å². The van der Waals surface area contributed by atoms with Gasteiger partial charge in [-0.2, -0.15) is 0 Å². The van der Waals surface area contributed by atoms with E-state index in [9.17, 15) is 19.5 Å². The molecule has 1 N–H and O–H groups in total. The van der Waals surface area contributed by atoms with E-state index in [-0.39, 0.29) is 24.6 Å². The molecule has 146 valence electrons. The van der Waals surface area contributed by atoms with Gasteiger partial charge in [0, 0.05) is 23.8 Å². The third kappa shape index (κ3) is 6.41. The maximum Gasteiger partial charge on any atom is 0.333 e. The Balaban J connectivity index is 2.78. The van der Waals surface area contributed by atoms with Crippen molar-refractivity contribution in [1.29, 1.82) is 0 Å². The van der Waals surface area contributed by atoms with Gasteiger partial charge in [-0.05, 0) is 39.5 Å². The Morgan fingerprint density at radius 1 is 1.23 bits per heavy atom. The van der Waals surface area contributed by atoms with Gasteiger partial charge in [-0.3, -0.25) is 9.59 Å². The second kappa shape index (κ2) is 10.3. The molecule has 0 aromatic rings. The van der Waals surface area contributed by atoms with Crippen molar-refractivity contribution in [3.8, 4) is 0 Å². The number of allylic oxidation sites excluding steroid dienone is 3. The van der Waals surface area contributed by atoms with Crippen LogP contribution in [-0.2, 0) is 23.9 Å². The summed E-state index contributed by atoms with van der Waals surface area (Å²) < 4.78 is 9.41. The Morgan fingerprint density at radius 2 is 1.92 bits per heavy atom. The lowest BCUT2D eigenvalue weighted by Gasteiger charge is -2.39. The Morgan fingerprint density at radius 3 is 2.54 bits per heavy atom. The van der Waals surface area contributed by atoms with E-state index in [4.69, 9.17) is 4.74 Å². The summed E-state index contributed by atoms with van der Waals surface area (Å²) in [5.41, 5.74) is 0.853. The standard InChI is InChI=1S/C20H30O6/c1-14(6-5-7-15(2)19(24)26-4)10-11-20(13-18(23)25-3)12-16(21)8-9-17(20)22/h7,10,17,22H,5-6,8-9,11-13H2,1-4H3/b14-10+,15-7+. The van der Waals surface area contributed by atoms with Gasteiger partial charge in [-0.15, -0.1) is 0 Å². The number of aliphatic hydroxyl groups excluding tert-OH is 1. The molecule has 2 atom stereocenters. The van der Waals surface area contributed by atoms with Crippen molar-refractivity contribution >= 4 is 17.7 Å². The zero-order chi connectivity index (χ0) is 19.7. The normalized spacial score (nSPS) is 24.3. The number of methoxy groups -OCH3 is 2. The quantitative estimate of drug-likeness (QED) is 0.404. The van der Waals surface area contributed by atoms with Gasteiger partial charge in [0.1, 0.15) is 5.78 Å². The molecule has 1 saturated carbocycles. The topological polar surface area (TPSA) is 89.9 Å². The lowest BCUT2D eigenvalue weighted by Crippen LogP contribution is -2.43. The first-order chi connectivity index (χ1) is 12.2. The van der Waals surface area contributed by atoms with Crippen LogP contribution >= 0.6 is 0 Å². The highest BCUT2D eigenvalue weighted by atomic mass is 16.5. The molecule has 1 rings (SSSR count). The van der Waals surface area contributed by atoms with E-state index in [0.29, 0.717) is 31.3 Å². The molecule has 0 aromatic heterocycles. The van der Waals surface area contributed by atoms with E-state index < -0.39 is 17.5 Å². The van der Waals surface area contributed by atoms with Crippen LogP contribution in [0.5, 0.6) is 0 Å². The van der Waals surface area contributed by atoms with Crippen molar-refractivity contribution in [1.82, 2.24) is 0 Å². The van der Waals surface area contributed by atoms with Crippen molar-refractivity contribution in [3.05, 3.63) is 23.3 Å². The van der Waals surface area contributed by atoms with E-state index in [1.165, 1.54) is 14.2 Å². The van der Waals surface area contributed by atoms with Crippen LogP contribution in [0, 0.1) is 5.41 Å². The number of ketones is 1. The molecule has 0 spiro atoms. The summed E-state index contributed by atoms with van der Waals surface area (Å²) >= 11 is 0. The minimum atomic E-state index is -0.790. The van der Waals surface area contributed by atoms with E-state index in [1.807, 2.05) is 19.1 Å². The van der Waals surface area contributed by atoms with Crippen molar-refractivity contribution in [3.63, 3.8) is 0 Å². The van der Waals surface area contributed by atoms with Gasteiger partial charge in [0.25, 0.3) is 0 Å². The largest absolute Gasteiger partial charge is 0.469 e. The van der Waals surface area contributed by atoms with E-state index in [0.717, 1.165) is 12.0 Å². The first-order valence-electron chi connectivity index (χ1n) is 8.91. The summed E-state index contributed by atoms with van der Waals surface area (Å²) in [6, 6.07) is 0. The zero-order valence-electron chi connectivity index (χ0n) is 16.2. The molecule has 0 saturated heterocycles. The van der Waals surface area contributed by atoms with Crippen molar-refractivity contribution in [2.75, 3.05) is 14.2 Å². The first kappa shape index (κ1) is 22.1. The maximum atomic E-state index is 11.9. The third-order valence-corrected chi connectivity index (χ3v) is 5.03. The molecular formula is C20H30O6. The molecule has 1 aliphatic rings. The highest BCUT2D eigenvalue weighted by molar-refractivity contribution is 5.87. The summed E-state index contributed by atoms with van der Waals surface area (Å²) in [4.78, 5) is 35.1. The van der Waals surface area contributed by atoms with Crippen LogP contribution in [0.25, 0.3) is 0 Å². The van der Waals surface area contributed by atoms with Gasteiger partial charge in [-0.25, -0.2) is 4.79 Å². The number of rotatable bonds is 8. The predicted molar refractivity (Wildman–Crippen MR) is 97.3 cm³/mol. The van der Waals surface area contributed by atoms with Gasteiger partial charge in [-0.1, -0.05) is 17.7 Å². The van der Waals surface area contributed by atoms with Gasteiger partial charge in [0.05, 0.1) is 26.7 Å². The van der Waals surface area contributed by atoms with Crippen LogP contribution in [0.1, 0.15) is 58.8 Å². The zero-order valence-corrected chi connectivity index (χ0v) is 16.2. The number of esters is 2. The number of ether oxygens (including phenoxy) is 2.